The van der Waals surface area contributed by atoms with Crippen LogP contribution in [0.2, 0.25) is 10.0 Å². The van der Waals surface area contributed by atoms with Crippen LogP contribution in [0.15, 0.2) is 102 Å². The van der Waals surface area contributed by atoms with Crippen molar-refractivity contribution in [2.45, 2.75) is 13.1 Å². The number of hydrogen-bond donors (Lipinski definition) is 2. The first-order valence-corrected chi connectivity index (χ1v) is 13.5. The Kier molecular flexibility index (Phi) is 8.13. The molecule has 0 aliphatic carbocycles. The van der Waals surface area contributed by atoms with Crippen LogP contribution in [-0.4, -0.2) is 15.3 Å². The van der Waals surface area contributed by atoms with Gasteiger partial charge in [-0.05, 0) is 63.0 Å². The monoisotopic (exact) mass is 604 g/mol. The van der Waals surface area contributed by atoms with Gasteiger partial charge in [0.2, 0.25) is 5.91 Å². The van der Waals surface area contributed by atoms with Gasteiger partial charge in [-0.2, -0.15) is 0 Å². The molecule has 1 amide bonds. The Bertz CT molecular complexity index is 1630. The summed E-state index contributed by atoms with van der Waals surface area (Å²) in [6, 6.07) is 27.1. The number of nitrogens with one attached hydrogen (secondary N) is 2. The van der Waals surface area contributed by atoms with Crippen molar-refractivity contribution >= 4 is 62.6 Å². The van der Waals surface area contributed by atoms with Crippen LogP contribution in [0.25, 0.3) is 23.0 Å². The van der Waals surface area contributed by atoms with E-state index in [2.05, 4.69) is 38.7 Å². The van der Waals surface area contributed by atoms with E-state index in [0.29, 0.717) is 23.1 Å². The number of halogens is 3. The lowest BCUT2D eigenvalue weighted by Gasteiger charge is -2.13. The molecule has 2 aromatic heterocycles. The van der Waals surface area contributed by atoms with E-state index in [1.807, 2.05) is 77.3 Å². The summed E-state index contributed by atoms with van der Waals surface area (Å²) in [6.45, 7) is 1.06. The number of carbonyl (C=O) groups is 1. The number of hydrogen-bond acceptors (Lipinski definition) is 3. The summed E-state index contributed by atoms with van der Waals surface area (Å²) in [5.41, 5.74) is 5.47. The third-order valence-corrected chi connectivity index (χ3v) is 7.14. The van der Waals surface area contributed by atoms with Crippen molar-refractivity contribution in [3.63, 3.8) is 0 Å². The van der Waals surface area contributed by atoms with Crippen LogP contribution < -0.4 is 10.6 Å². The van der Waals surface area contributed by atoms with E-state index in [9.17, 15) is 4.79 Å². The summed E-state index contributed by atoms with van der Waals surface area (Å²) in [5, 5.41) is 7.72. The second-order valence-electron chi connectivity index (χ2n) is 8.64. The second kappa shape index (κ2) is 11.9. The van der Waals surface area contributed by atoms with Crippen molar-refractivity contribution in [3.8, 4) is 11.3 Å². The zero-order valence-corrected chi connectivity index (χ0v) is 23.3. The smallest absolute Gasteiger partial charge is 0.244 e. The first-order chi connectivity index (χ1) is 18.5. The highest BCUT2D eigenvalue weighted by atomic mass is 79.9. The second-order valence-corrected chi connectivity index (χ2v) is 10.3. The zero-order valence-electron chi connectivity index (χ0n) is 20.2. The first-order valence-electron chi connectivity index (χ1n) is 11.9. The highest BCUT2D eigenvalue weighted by Crippen LogP contribution is 2.31. The number of fused-ring (bicyclic) bond motifs is 1. The van der Waals surface area contributed by atoms with Gasteiger partial charge in [-0.15, -0.1) is 0 Å². The Morgan fingerprint density at radius 2 is 1.68 bits per heavy atom. The fourth-order valence-electron chi connectivity index (χ4n) is 3.99. The van der Waals surface area contributed by atoms with E-state index in [1.54, 1.807) is 12.1 Å². The number of nitrogens with zero attached hydrogens (tertiary/aromatic N) is 2. The maximum atomic E-state index is 12.2. The summed E-state index contributed by atoms with van der Waals surface area (Å²) in [5.74, 6) is 0.739. The molecule has 0 saturated heterocycles. The molecule has 2 N–H and O–H groups in total. The molecule has 8 heteroatoms. The summed E-state index contributed by atoms with van der Waals surface area (Å²) >= 11 is 16.0. The first kappa shape index (κ1) is 26.0. The molecule has 5 nitrogen and oxygen atoms in total. The van der Waals surface area contributed by atoms with Gasteiger partial charge in [-0.1, -0.05) is 77.8 Å². The van der Waals surface area contributed by atoms with Crippen LogP contribution in [0.1, 0.15) is 16.7 Å². The van der Waals surface area contributed by atoms with E-state index >= 15 is 0 Å². The normalized spacial score (nSPS) is 11.2. The van der Waals surface area contributed by atoms with E-state index in [-0.39, 0.29) is 5.91 Å². The van der Waals surface area contributed by atoms with Crippen LogP contribution in [0, 0.1) is 0 Å². The average molecular weight is 606 g/mol. The molecule has 2 heterocycles. The minimum Gasteiger partial charge on any atom is -0.367 e. The molecule has 0 radical (unpaired) electrons. The zero-order chi connectivity index (χ0) is 26.5. The Balaban J connectivity index is 1.23. The summed E-state index contributed by atoms with van der Waals surface area (Å²) < 4.78 is 2.91. The van der Waals surface area contributed by atoms with Gasteiger partial charge in [-0.25, -0.2) is 4.98 Å². The molecule has 5 aromatic rings. The molecular weight excluding hydrogens is 583 g/mol. The molecular formula is C30H23BrCl2N4O. The molecule has 0 bridgehead atoms. The number of aromatic nitrogens is 2. The van der Waals surface area contributed by atoms with Crippen LogP contribution in [0.3, 0.4) is 0 Å². The summed E-state index contributed by atoms with van der Waals surface area (Å²) in [4.78, 5) is 17.0. The third kappa shape index (κ3) is 6.27. The number of carbonyl (C=O) groups excluding carboxylic acids is 1. The molecule has 38 heavy (non-hydrogen) atoms. The van der Waals surface area contributed by atoms with E-state index in [0.717, 1.165) is 43.9 Å². The summed E-state index contributed by atoms with van der Waals surface area (Å²) in [7, 11) is 0. The van der Waals surface area contributed by atoms with Crippen molar-refractivity contribution in [1.82, 2.24) is 14.7 Å². The lowest BCUT2D eigenvalue weighted by molar-refractivity contribution is -0.116. The fourth-order valence-corrected chi connectivity index (χ4v) is 4.82. The van der Waals surface area contributed by atoms with E-state index in [4.69, 9.17) is 28.2 Å². The number of benzene rings is 3. The van der Waals surface area contributed by atoms with Crippen molar-refractivity contribution < 1.29 is 4.79 Å². The molecule has 0 fully saturated rings. The average Bonchev–Trinajstić information content (AvgIpc) is 3.31. The Morgan fingerprint density at radius 3 is 2.45 bits per heavy atom. The molecule has 0 aliphatic rings. The Morgan fingerprint density at radius 1 is 0.921 bits per heavy atom. The van der Waals surface area contributed by atoms with Crippen LogP contribution in [-0.2, 0) is 17.9 Å². The minimum absolute atomic E-state index is 0.162. The standard InChI is InChI=1S/C30H23BrCl2N4O/c31-25-14-15-37-28(17-27(36-30(25)37)24-6-1-2-7-26(24)33)34-18-21-8-10-22(11-9-21)19-35-29(38)13-12-20-4-3-5-23(32)16-20/h1-17,34H,18-19H2,(H,35,38). The lowest BCUT2D eigenvalue weighted by atomic mass is 10.1. The van der Waals surface area contributed by atoms with Crippen molar-refractivity contribution in [1.29, 1.82) is 0 Å². The molecule has 0 aliphatic heterocycles. The van der Waals surface area contributed by atoms with Crippen LogP contribution in [0.4, 0.5) is 5.82 Å². The van der Waals surface area contributed by atoms with E-state index < -0.39 is 0 Å². The largest absolute Gasteiger partial charge is 0.367 e. The topological polar surface area (TPSA) is 58.4 Å². The van der Waals surface area contributed by atoms with Crippen molar-refractivity contribution in [2.24, 2.45) is 0 Å². The summed E-state index contributed by atoms with van der Waals surface area (Å²) in [6.07, 6.45) is 5.22. The highest BCUT2D eigenvalue weighted by Gasteiger charge is 2.12. The number of rotatable bonds is 8. The predicted molar refractivity (Wildman–Crippen MR) is 159 cm³/mol. The Labute approximate surface area is 239 Å². The van der Waals surface area contributed by atoms with Gasteiger partial charge in [0.1, 0.15) is 5.82 Å². The molecule has 0 spiro atoms. The van der Waals surface area contributed by atoms with Crippen molar-refractivity contribution in [2.75, 3.05) is 5.32 Å². The van der Waals surface area contributed by atoms with Gasteiger partial charge in [-0.3, -0.25) is 9.20 Å². The lowest BCUT2D eigenvalue weighted by Crippen LogP contribution is -2.20. The Hall–Kier alpha value is -3.58. The number of anilines is 1. The molecule has 3 aromatic carbocycles. The molecule has 0 unspecified atom stereocenters. The highest BCUT2D eigenvalue weighted by molar-refractivity contribution is 9.10. The van der Waals surface area contributed by atoms with Gasteiger partial charge < -0.3 is 10.6 Å². The quantitative estimate of drug-likeness (QED) is 0.176. The maximum absolute atomic E-state index is 12.2. The fraction of sp³-hybridized carbons (Fsp3) is 0.0667. The number of amides is 1. The van der Waals surface area contributed by atoms with E-state index in [1.165, 1.54) is 6.08 Å². The van der Waals surface area contributed by atoms with Gasteiger partial charge >= 0.3 is 0 Å². The molecule has 190 valence electrons. The van der Waals surface area contributed by atoms with Gasteiger partial charge in [0.25, 0.3) is 0 Å². The molecule has 0 saturated carbocycles. The minimum atomic E-state index is -0.162. The predicted octanol–water partition coefficient (Wildman–Crippen LogP) is 8.01. The van der Waals surface area contributed by atoms with Gasteiger partial charge in [0.15, 0.2) is 5.65 Å². The van der Waals surface area contributed by atoms with Crippen LogP contribution >= 0.6 is 39.1 Å². The van der Waals surface area contributed by atoms with Gasteiger partial charge in [0.05, 0.1) is 10.2 Å². The maximum Gasteiger partial charge on any atom is 0.244 e. The molecule has 5 rings (SSSR count). The molecule has 0 atom stereocenters. The van der Waals surface area contributed by atoms with Gasteiger partial charge in [0, 0.05) is 47.0 Å². The SMILES string of the molecule is O=C(C=Cc1cccc(Cl)c1)NCc1ccc(CNc2cc(-c3ccccc3Cl)nc3c(Br)ccn23)cc1. The van der Waals surface area contributed by atoms with Crippen LogP contribution in [0.5, 0.6) is 0 Å². The van der Waals surface area contributed by atoms with Crippen molar-refractivity contribution in [3.05, 3.63) is 128 Å². The third-order valence-electron chi connectivity index (χ3n) is 5.96.